The first-order chi connectivity index (χ1) is 17.9. The molecule has 1 heterocycles. The molecular formula is C26H31ClFN5O4S. The maximum Gasteiger partial charge on any atom is 0.229 e. The molecule has 0 radical (unpaired) electrons. The molecule has 2 N–H and O–H groups in total. The number of fused-ring (bicyclic) bond motifs is 1. The molecule has 0 amide bonds. The molecule has 38 heavy (non-hydrogen) atoms. The Bertz CT molecular complexity index is 1450. The van der Waals surface area contributed by atoms with Crippen LogP contribution < -0.4 is 10.0 Å². The number of ether oxygens (including phenoxy) is 2. The first-order valence-electron chi connectivity index (χ1n) is 11.7. The number of halogens is 2. The highest BCUT2D eigenvalue weighted by atomic mass is 35.5. The van der Waals surface area contributed by atoms with Crippen LogP contribution in [0.5, 0.6) is 0 Å². The van der Waals surface area contributed by atoms with Gasteiger partial charge in [0, 0.05) is 38.4 Å². The van der Waals surface area contributed by atoms with E-state index in [0.717, 1.165) is 6.26 Å². The van der Waals surface area contributed by atoms with Crippen molar-refractivity contribution in [1.82, 2.24) is 14.9 Å². The summed E-state index contributed by atoms with van der Waals surface area (Å²) < 4.78 is 51.0. The summed E-state index contributed by atoms with van der Waals surface area (Å²) >= 11 is 5.91. The fourth-order valence-corrected chi connectivity index (χ4v) is 4.42. The maximum absolute atomic E-state index is 13.6. The van der Waals surface area contributed by atoms with E-state index in [1.54, 1.807) is 26.4 Å². The van der Waals surface area contributed by atoms with Gasteiger partial charge in [0.2, 0.25) is 10.0 Å². The van der Waals surface area contributed by atoms with Crippen LogP contribution in [0.15, 0.2) is 36.7 Å². The quantitative estimate of drug-likeness (QED) is 0.333. The van der Waals surface area contributed by atoms with Gasteiger partial charge in [0.25, 0.3) is 0 Å². The van der Waals surface area contributed by atoms with Crippen molar-refractivity contribution in [3.05, 3.63) is 53.1 Å². The van der Waals surface area contributed by atoms with E-state index in [2.05, 4.69) is 36.7 Å². The second-order valence-electron chi connectivity index (χ2n) is 9.05. The number of methoxy groups -OCH3 is 2. The number of nitrogens with one attached hydrogen (secondary N) is 2. The molecule has 204 valence electrons. The minimum atomic E-state index is -3.63. The topological polar surface area (TPSA) is 106 Å². The van der Waals surface area contributed by atoms with Crippen LogP contribution >= 0.6 is 11.6 Å². The van der Waals surface area contributed by atoms with E-state index >= 15 is 0 Å². The molecule has 1 aromatic heterocycles. The number of benzene rings is 2. The van der Waals surface area contributed by atoms with E-state index in [4.69, 9.17) is 21.1 Å². The lowest BCUT2D eigenvalue weighted by molar-refractivity contribution is 0.0753. The van der Waals surface area contributed by atoms with Gasteiger partial charge in [-0.25, -0.2) is 22.8 Å². The largest absolute Gasteiger partial charge is 0.383 e. The average Bonchev–Trinajstić information content (AvgIpc) is 2.84. The van der Waals surface area contributed by atoms with E-state index in [0.29, 0.717) is 54.3 Å². The molecule has 2 aromatic carbocycles. The van der Waals surface area contributed by atoms with Gasteiger partial charge in [-0.3, -0.25) is 9.62 Å². The van der Waals surface area contributed by atoms with Gasteiger partial charge in [-0.15, -0.1) is 0 Å². The lowest BCUT2D eigenvalue weighted by Gasteiger charge is -2.34. The van der Waals surface area contributed by atoms with Gasteiger partial charge in [-0.05, 0) is 44.2 Å². The second-order valence-corrected chi connectivity index (χ2v) is 11.2. The van der Waals surface area contributed by atoms with Crippen LogP contribution in [-0.4, -0.2) is 75.6 Å². The molecule has 0 atom stereocenters. The lowest BCUT2D eigenvalue weighted by atomic mass is 10.0. The molecule has 0 aliphatic heterocycles. The van der Waals surface area contributed by atoms with Crippen molar-refractivity contribution >= 4 is 49.7 Å². The first kappa shape index (κ1) is 29.5. The third kappa shape index (κ3) is 7.99. The summed E-state index contributed by atoms with van der Waals surface area (Å²) in [6, 6.07) is 7.51. The Balaban J connectivity index is 2.07. The lowest BCUT2D eigenvalue weighted by Crippen LogP contribution is -2.46. The molecule has 0 saturated carbocycles. The van der Waals surface area contributed by atoms with Crippen LogP contribution in [0.2, 0.25) is 5.02 Å². The molecule has 0 bridgehead atoms. The molecule has 0 aliphatic carbocycles. The van der Waals surface area contributed by atoms with E-state index < -0.39 is 21.4 Å². The van der Waals surface area contributed by atoms with Crippen molar-refractivity contribution in [2.45, 2.75) is 19.4 Å². The van der Waals surface area contributed by atoms with E-state index in [-0.39, 0.29) is 10.7 Å². The van der Waals surface area contributed by atoms with Crippen LogP contribution in [-0.2, 0) is 19.5 Å². The Morgan fingerprint density at radius 2 is 1.79 bits per heavy atom. The monoisotopic (exact) mass is 563 g/mol. The Labute approximate surface area is 227 Å². The summed E-state index contributed by atoms with van der Waals surface area (Å²) in [7, 11) is -0.346. The number of rotatable bonds is 11. The summed E-state index contributed by atoms with van der Waals surface area (Å²) in [5.41, 5.74) is 1.19. The summed E-state index contributed by atoms with van der Waals surface area (Å²) in [5.74, 6) is 6.26. The molecule has 3 rings (SSSR count). The van der Waals surface area contributed by atoms with Crippen LogP contribution in [0.1, 0.15) is 19.4 Å². The predicted molar refractivity (Wildman–Crippen MR) is 149 cm³/mol. The zero-order valence-corrected chi connectivity index (χ0v) is 23.5. The van der Waals surface area contributed by atoms with Crippen LogP contribution in [0.4, 0.5) is 21.6 Å². The zero-order chi connectivity index (χ0) is 27.9. The van der Waals surface area contributed by atoms with Crippen molar-refractivity contribution in [2.75, 3.05) is 56.8 Å². The maximum atomic E-state index is 13.6. The molecule has 12 heteroatoms. The fourth-order valence-electron chi connectivity index (χ4n) is 3.67. The van der Waals surface area contributed by atoms with E-state index in [1.807, 2.05) is 13.8 Å². The standard InChI is InChI=1S/C26H31ClFN5O4S/c1-26(2,33(10-12-36-3)11-13-37-4)9-8-18-14-24-20(16-23(18)32-38(5,34)35)25(30-17-29-24)31-19-6-7-22(28)21(27)15-19/h6-7,14-17,32H,10-13H2,1-5H3,(H,29,30,31). The van der Waals surface area contributed by atoms with Crippen molar-refractivity contribution in [2.24, 2.45) is 0 Å². The Morgan fingerprint density at radius 3 is 2.39 bits per heavy atom. The number of sulfonamides is 1. The van der Waals surface area contributed by atoms with Gasteiger partial charge in [0.15, 0.2) is 0 Å². The Hall–Kier alpha value is -3.01. The van der Waals surface area contributed by atoms with Gasteiger partial charge in [0.05, 0.1) is 46.8 Å². The average molecular weight is 564 g/mol. The highest BCUT2D eigenvalue weighted by molar-refractivity contribution is 7.92. The van der Waals surface area contributed by atoms with Crippen molar-refractivity contribution in [3.8, 4) is 11.8 Å². The fraction of sp³-hybridized carbons (Fsp3) is 0.385. The zero-order valence-electron chi connectivity index (χ0n) is 21.9. The minimum absolute atomic E-state index is 0.0435. The highest BCUT2D eigenvalue weighted by Crippen LogP contribution is 2.30. The second kappa shape index (κ2) is 12.7. The molecule has 0 unspecified atom stereocenters. The van der Waals surface area contributed by atoms with E-state index in [1.165, 1.54) is 24.5 Å². The molecule has 0 fully saturated rings. The number of anilines is 3. The Kier molecular flexibility index (Phi) is 9.87. The number of aromatic nitrogens is 2. The van der Waals surface area contributed by atoms with Gasteiger partial charge in [-0.2, -0.15) is 0 Å². The summed E-state index contributed by atoms with van der Waals surface area (Å²) in [6.45, 7) is 6.30. The molecule has 3 aromatic rings. The first-order valence-corrected chi connectivity index (χ1v) is 13.9. The van der Waals surface area contributed by atoms with Gasteiger partial charge >= 0.3 is 0 Å². The SMILES string of the molecule is COCCN(CCOC)C(C)(C)C#Cc1cc2ncnc(Nc3ccc(F)c(Cl)c3)c2cc1NS(C)(=O)=O. The predicted octanol–water partition coefficient (Wildman–Crippen LogP) is 4.26. The minimum Gasteiger partial charge on any atom is -0.383 e. The third-order valence-corrected chi connectivity index (χ3v) is 6.56. The van der Waals surface area contributed by atoms with Crippen LogP contribution in [0, 0.1) is 17.7 Å². The highest BCUT2D eigenvalue weighted by Gasteiger charge is 2.24. The smallest absolute Gasteiger partial charge is 0.229 e. The van der Waals surface area contributed by atoms with Crippen molar-refractivity contribution in [1.29, 1.82) is 0 Å². The van der Waals surface area contributed by atoms with Crippen molar-refractivity contribution in [3.63, 3.8) is 0 Å². The Morgan fingerprint density at radius 1 is 1.11 bits per heavy atom. The molecular weight excluding hydrogens is 533 g/mol. The molecule has 0 aliphatic rings. The number of nitrogens with zero attached hydrogens (tertiary/aromatic N) is 3. The van der Waals surface area contributed by atoms with Crippen LogP contribution in [0.3, 0.4) is 0 Å². The summed E-state index contributed by atoms with van der Waals surface area (Å²) in [5, 5.41) is 3.58. The van der Waals surface area contributed by atoms with Crippen molar-refractivity contribution < 1.29 is 22.3 Å². The molecule has 0 saturated heterocycles. The van der Waals surface area contributed by atoms with Gasteiger partial charge in [-0.1, -0.05) is 23.4 Å². The van der Waals surface area contributed by atoms with Crippen LogP contribution in [0.25, 0.3) is 10.9 Å². The summed E-state index contributed by atoms with van der Waals surface area (Å²) in [4.78, 5) is 10.8. The molecule has 9 nitrogen and oxygen atoms in total. The number of hydrogen-bond acceptors (Lipinski definition) is 8. The van der Waals surface area contributed by atoms with Gasteiger partial charge < -0.3 is 14.8 Å². The van der Waals surface area contributed by atoms with E-state index in [9.17, 15) is 12.8 Å². The third-order valence-electron chi connectivity index (χ3n) is 5.68. The summed E-state index contributed by atoms with van der Waals surface area (Å²) in [6.07, 6.45) is 2.44. The number of hydrogen-bond donors (Lipinski definition) is 2. The normalized spacial score (nSPS) is 11.9. The van der Waals surface area contributed by atoms with Gasteiger partial charge in [0.1, 0.15) is 18.0 Å². The molecule has 0 spiro atoms.